The first-order chi connectivity index (χ1) is 7.15. The van der Waals surface area contributed by atoms with E-state index >= 15 is 0 Å². The third kappa shape index (κ3) is 3.99. The molecule has 1 amide bonds. The van der Waals surface area contributed by atoms with E-state index in [0.29, 0.717) is 11.5 Å². The molecular formula is C10H18N2OS2. The standard InChI is InChI=1S/C10H18N2OS2/c1-2-4-12(6-9(11)14)10(13)8-3-5-15-7-8/h8H,2-7H2,1H3,(H2,11,14). The van der Waals surface area contributed by atoms with E-state index in [1.165, 1.54) is 0 Å². The quantitative estimate of drug-likeness (QED) is 0.742. The molecule has 0 bridgehead atoms. The maximum absolute atomic E-state index is 12.1. The molecule has 0 aromatic heterocycles. The molecule has 1 fully saturated rings. The van der Waals surface area contributed by atoms with E-state index in [4.69, 9.17) is 18.0 Å². The van der Waals surface area contributed by atoms with Gasteiger partial charge in [-0.3, -0.25) is 4.79 Å². The van der Waals surface area contributed by atoms with Crippen LogP contribution in [0.4, 0.5) is 0 Å². The Morgan fingerprint density at radius 1 is 1.67 bits per heavy atom. The largest absolute Gasteiger partial charge is 0.392 e. The van der Waals surface area contributed by atoms with Crippen molar-refractivity contribution in [3.05, 3.63) is 0 Å². The first-order valence-electron chi connectivity index (χ1n) is 5.30. The molecule has 1 unspecified atom stereocenters. The summed E-state index contributed by atoms with van der Waals surface area (Å²) >= 11 is 6.71. The Kier molecular flexibility index (Phi) is 5.39. The first kappa shape index (κ1) is 12.8. The van der Waals surface area contributed by atoms with E-state index in [-0.39, 0.29) is 11.8 Å². The van der Waals surface area contributed by atoms with E-state index in [9.17, 15) is 4.79 Å². The van der Waals surface area contributed by atoms with Gasteiger partial charge in [-0.1, -0.05) is 19.1 Å². The first-order valence-corrected chi connectivity index (χ1v) is 6.86. The zero-order valence-corrected chi connectivity index (χ0v) is 10.7. The zero-order valence-electron chi connectivity index (χ0n) is 9.07. The highest BCUT2D eigenvalue weighted by Gasteiger charge is 2.27. The van der Waals surface area contributed by atoms with Crippen molar-refractivity contribution in [3.8, 4) is 0 Å². The minimum atomic E-state index is 0.191. The van der Waals surface area contributed by atoms with Gasteiger partial charge in [-0.25, -0.2) is 0 Å². The topological polar surface area (TPSA) is 46.3 Å². The molecular weight excluding hydrogens is 228 g/mol. The lowest BCUT2D eigenvalue weighted by molar-refractivity contribution is -0.134. The molecule has 0 aromatic carbocycles. The summed E-state index contributed by atoms with van der Waals surface area (Å²) in [5.41, 5.74) is 5.49. The summed E-state index contributed by atoms with van der Waals surface area (Å²) in [4.78, 5) is 14.3. The molecule has 3 nitrogen and oxygen atoms in total. The second-order valence-electron chi connectivity index (χ2n) is 3.79. The van der Waals surface area contributed by atoms with Crippen molar-refractivity contribution in [2.75, 3.05) is 24.6 Å². The third-order valence-electron chi connectivity index (χ3n) is 2.43. The molecule has 15 heavy (non-hydrogen) atoms. The maximum Gasteiger partial charge on any atom is 0.226 e. The average molecular weight is 246 g/mol. The van der Waals surface area contributed by atoms with Gasteiger partial charge in [-0.2, -0.15) is 11.8 Å². The summed E-state index contributed by atoms with van der Waals surface area (Å²) in [6, 6.07) is 0. The number of nitrogens with two attached hydrogens (primary N) is 1. The van der Waals surface area contributed by atoms with Crippen LogP contribution in [0, 0.1) is 5.92 Å². The molecule has 0 saturated carbocycles. The minimum Gasteiger partial charge on any atom is -0.392 e. The summed E-state index contributed by atoms with van der Waals surface area (Å²) in [6.07, 6.45) is 1.95. The molecule has 1 aliphatic rings. The minimum absolute atomic E-state index is 0.191. The van der Waals surface area contributed by atoms with Crippen LogP contribution in [0.15, 0.2) is 0 Å². The van der Waals surface area contributed by atoms with Gasteiger partial charge in [0.1, 0.15) is 0 Å². The van der Waals surface area contributed by atoms with Crippen LogP contribution in [-0.2, 0) is 4.79 Å². The monoisotopic (exact) mass is 246 g/mol. The Balaban J connectivity index is 2.52. The molecule has 1 atom stereocenters. The Labute approximate surface area is 101 Å². The van der Waals surface area contributed by atoms with Gasteiger partial charge < -0.3 is 10.6 Å². The van der Waals surface area contributed by atoms with Crippen LogP contribution in [0.2, 0.25) is 0 Å². The molecule has 0 aromatic rings. The van der Waals surface area contributed by atoms with Crippen molar-refractivity contribution < 1.29 is 4.79 Å². The SMILES string of the molecule is CCCN(CC(N)=S)C(=O)C1CCSC1. The molecule has 86 valence electrons. The van der Waals surface area contributed by atoms with Gasteiger partial charge in [-0.15, -0.1) is 0 Å². The Morgan fingerprint density at radius 3 is 2.87 bits per heavy atom. The fourth-order valence-corrected chi connectivity index (χ4v) is 3.08. The molecule has 1 rings (SSSR count). The third-order valence-corrected chi connectivity index (χ3v) is 3.72. The highest BCUT2D eigenvalue weighted by molar-refractivity contribution is 7.99. The number of carbonyl (C=O) groups is 1. The summed E-state index contributed by atoms with van der Waals surface area (Å²) in [5, 5.41) is 0. The zero-order chi connectivity index (χ0) is 11.3. The number of thiocarbonyl (C=S) groups is 1. The number of nitrogens with zero attached hydrogens (tertiary/aromatic N) is 1. The second kappa shape index (κ2) is 6.33. The van der Waals surface area contributed by atoms with Crippen molar-refractivity contribution in [1.29, 1.82) is 0 Å². The normalized spacial score (nSPS) is 20.2. The Bertz CT molecular complexity index is 240. The van der Waals surface area contributed by atoms with E-state index in [0.717, 1.165) is 30.9 Å². The van der Waals surface area contributed by atoms with Crippen molar-refractivity contribution in [2.24, 2.45) is 11.7 Å². The van der Waals surface area contributed by atoms with Crippen molar-refractivity contribution in [1.82, 2.24) is 4.90 Å². The lowest BCUT2D eigenvalue weighted by Crippen LogP contribution is -2.41. The van der Waals surface area contributed by atoms with E-state index < -0.39 is 0 Å². The van der Waals surface area contributed by atoms with Gasteiger partial charge in [0.25, 0.3) is 0 Å². The maximum atomic E-state index is 12.1. The molecule has 0 radical (unpaired) electrons. The molecule has 0 aliphatic carbocycles. The van der Waals surface area contributed by atoms with Crippen molar-refractivity contribution in [2.45, 2.75) is 19.8 Å². The number of thioether (sulfide) groups is 1. The van der Waals surface area contributed by atoms with Crippen molar-refractivity contribution >= 4 is 34.9 Å². The number of hydrogen-bond donors (Lipinski definition) is 1. The van der Waals surface area contributed by atoms with Crippen LogP contribution in [0.1, 0.15) is 19.8 Å². The van der Waals surface area contributed by atoms with Crippen LogP contribution in [-0.4, -0.2) is 40.4 Å². The second-order valence-corrected chi connectivity index (χ2v) is 5.46. The molecule has 2 N–H and O–H groups in total. The summed E-state index contributed by atoms with van der Waals surface area (Å²) < 4.78 is 0. The van der Waals surface area contributed by atoms with Crippen LogP contribution in [0.5, 0.6) is 0 Å². The lowest BCUT2D eigenvalue weighted by atomic mass is 10.1. The van der Waals surface area contributed by atoms with Crippen LogP contribution in [0.25, 0.3) is 0 Å². The van der Waals surface area contributed by atoms with Crippen molar-refractivity contribution in [3.63, 3.8) is 0 Å². The smallest absolute Gasteiger partial charge is 0.226 e. The fourth-order valence-electron chi connectivity index (χ4n) is 1.71. The van der Waals surface area contributed by atoms with Crippen LogP contribution in [0.3, 0.4) is 0 Å². The van der Waals surface area contributed by atoms with Gasteiger partial charge in [0.15, 0.2) is 0 Å². The molecule has 5 heteroatoms. The summed E-state index contributed by atoms with van der Waals surface area (Å²) in [6.45, 7) is 3.25. The highest BCUT2D eigenvalue weighted by atomic mass is 32.2. The van der Waals surface area contributed by atoms with Gasteiger partial charge in [0.2, 0.25) is 5.91 Å². The van der Waals surface area contributed by atoms with Gasteiger partial charge in [0, 0.05) is 18.2 Å². The molecule has 1 saturated heterocycles. The lowest BCUT2D eigenvalue weighted by Gasteiger charge is -2.24. The molecule has 1 aliphatic heterocycles. The highest BCUT2D eigenvalue weighted by Crippen LogP contribution is 2.25. The number of amides is 1. The van der Waals surface area contributed by atoms with Gasteiger partial charge >= 0.3 is 0 Å². The Morgan fingerprint density at radius 2 is 2.40 bits per heavy atom. The average Bonchev–Trinajstić information content (AvgIpc) is 2.68. The molecule has 1 heterocycles. The van der Waals surface area contributed by atoms with Gasteiger partial charge in [0.05, 0.1) is 11.5 Å². The number of rotatable bonds is 5. The van der Waals surface area contributed by atoms with E-state index in [1.54, 1.807) is 4.90 Å². The van der Waals surface area contributed by atoms with Crippen LogP contribution >= 0.6 is 24.0 Å². The Hall–Kier alpha value is -0.290. The van der Waals surface area contributed by atoms with E-state index in [1.807, 2.05) is 11.8 Å². The fraction of sp³-hybridized carbons (Fsp3) is 0.800. The van der Waals surface area contributed by atoms with E-state index in [2.05, 4.69) is 6.92 Å². The predicted molar refractivity (Wildman–Crippen MR) is 69.1 cm³/mol. The van der Waals surface area contributed by atoms with Crippen LogP contribution < -0.4 is 5.73 Å². The number of carbonyl (C=O) groups excluding carboxylic acids is 1. The van der Waals surface area contributed by atoms with Gasteiger partial charge in [-0.05, 0) is 18.6 Å². The predicted octanol–water partition coefficient (Wildman–Crippen LogP) is 1.26. The number of hydrogen-bond acceptors (Lipinski definition) is 3. The summed E-state index contributed by atoms with van der Waals surface area (Å²) in [5.74, 6) is 2.48. The summed E-state index contributed by atoms with van der Waals surface area (Å²) in [7, 11) is 0. The molecule has 0 spiro atoms.